The third-order valence-corrected chi connectivity index (χ3v) is 11.1. The fraction of sp³-hybridized carbons (Fsp3) is 0.759. The van der Waals surface area contributed by atoms with E-state index in [0.717, 1.165) is 44.9 Å². The van der Waals surface area contributed by atoms with Crippen molar-refractivity contribution in [3.63, 3.8) is 0 Å². The highest BCUT2D eigenvalue weighted by molar-refractivity contribution is 8.02. The number of carbonyl (C=O) groups is 3. The quantitative estimate of drug-likeness (QED) is 0.389. The van der Waals surface area contributed by atoms with Crippen LogP contribution in [0.1, 0.15) is 71.6 Å². The van der Waals surface area contributed by atoms with Crippen molar-refractivity contribution in [1.29, 1.82) is 0 Å². The molecular formula is C29H45N3O4S. The Morgan fingerprint density at radius 3 is 2.46 bits per heavy atom. The molecule has 1 N–H and O–H groups in total. The first-order chi connectivity index (χ1) is 17.8. The summed E-state index contributed by atoms with van der Waals surface area (Å²) in [6, 6.07) is -0.448. The lowest BCUT2D eigenvalue weighted by Gasteiger charge is -2.41. The lowest BCUT2D eigenvalue weighted by molar-refractivity contribution is -0.146. The van der Waals surface area contributed by atoms with Crippen LogP contribution in [0.3, 0.4) is 0 Å². The van der Waals surface area contributed by atoms with Crippen LogP contribution in [0.5, 0.6) is 0 Å². The van der Waals surface area contributed by atoms with Gasteiger partial charge in [-0.2, -0.15) is 0 Å². The zero-order chi connectivity index (χ0) is 26.8. The van der Waals surface area contributed by atoms with E-state index in [0.29, 0.717) is 32.6 Å². The molecule has 3 heterocycles. The fourth-order valence-corrected chi connectivity index (χ4v) is 9.93. The number of hydrogen-bond acceptors (Lipinski definition) is 5. The van der Waals surface area contributed by atoms with Gasteiger partial charge in [-0.25, -0.2) is 0 Å². The van der Waals surface area contributed by atoms with Crippen molar-refractivity contribution in [2.45, 2.75) is 93.2 Å². The first kappa shape index (κ1) is 28.2. The van der Waals surface area contributed by atoms with E-state index in [-0.39, 0.29) is 35.1 Å². The van der Waals surface area contributed by atoms with Gasteiger partial charge in [0.2, 0.25) is 17.7 Å². The van der Waals surface area contributed by atoms with Crippen molar-refractivity contribution < 1.29 is 19.5 Å². The minimum Gasteiger partial charge on any atom is -0.396 e. The number of hydrogen-bond donors (Lipinski definition) is 1. The van der Waals surface area contributed by atoms with Crippen LogP contribution >= 0.6 is 11.8 Å². The van der Waals surface area contributed by atoms with Gasteiger partial charge >= 0.3 is 0 Å². The molecule has 3 aliphatic heterocycles. The van der Waals surface area contributed by atoms with Gasteiger partial charge in [0.05, 0.1) is 16.6 Å². The zero-order valence-corrected chi connectivity index (χ0v) is 23.5. The van der Waals surface area contributed by atoms with Gasteiger partial charge in [-0.3, -0.25) is 14.4 Å². The van der Waals surface area contributed by atoms with Gasteiger partial charge in [0, 0.05) is 43.6 Å². The summed E-state index contributed by atoms with van der Waals surface area (Å²) in [5.74, 6) is -1.04. The predicted octanol–water partition coefficient (Wildman–Crippen LogP) is 3.62. The molecule has 1 aliphatic carbocycles. The monoisotopic (exact) mass is 531 g/mol. The van der Waals surface area contributed by atoms with E-state index in [2.05, 4.69) is 20.1 Å². The smallest absolute Gasteiger partial charge is 0.247 e. The Labute approximate surface area is 226 Å². The molecule has 1 spiro atoms. The lowest BCUT2D eigenvalue weighted by Crippen LogP contribution is -2.57. The fourth-order valence-electron chi connectivity index (χ4n) is 7.58. The normalized spacial score (nSPS) is 32.9. The molecule has 0 aromatic heterocycles. The Morgan fingerprint density at radius 2 is 1.84 bits per heavy atom. The number of aliphatic hydroxyl groups excluding tert-OH is 1. The van der Waals surface area contributed by atoms with Crippen LogP contribution in [-0.4, -0.2) is 91.9 Å². The lowest BCUT2D eigenvalue weighted by atomic mass is 9.66. The Bertz CT molecular complexity index is 906. The molecule has 8 heteroatoms. The average molecular weight is 532 g/mol. The summed E-state index contributed by atoms with van der Waals surface area (Å²) < 4.78 is -0.987. The number of amides is 3. The van der Waals surface area contributed by atoms with E-state index >= 15 is 0 Å². The van der Waals surface area contributed by atoms with Crippen molar-refractivity contribution in [2.75, 3.05) is 32.8 Å². The largest absolute Gasteiger partial charge is 0.396 e. The molecule has 4 aliphatic rings. The van der Waals surface area contributed by atoms with Crippen molar-refractivity contribution in [1.82, 2.24) is 14.7 Å². The molecule has 2 unspecified atom stereocenters. The predicted molar refractivity (Wildman–Crippen MR) is 148 cm³/mol. The van der Waals surface area contributed by atoms with Crippen LogP contribution in [0.2, 0.25) is 0 Å². The summed E-state index contributed by atoms with van der Waals surface area (Å²) in [6.07, 6.45) is 11.7. The third kappa shape index (κ3) is 4.77. The maximum Gasteiger partial charge on any atom is 0.247 e. The van der Waals surface area contributed by atoms with Gasteiger partial charge in [-0.15, -0.1) is 24.9 Å². The maximum atomic E-state index is 14.5. The minimum absolute atomic E-state index is 0.00180. The molecule has 1 saturated carbocycles. The number of fused-ring (bicyclic) bond motifs is 1. The molecule has 37 heavy (non-hydrogen) atoms. The van der Waals surface area contributed by atoms with E-state index in [1.165, 1.54) is 6.42 Å². The average Bonchev–Trinajstić information content (AvgIpc) is 3.46. The van der Waals surface area contributed by atoms with Gasteiger partial charge in [0.15, 0.2) is 0 Å². The summed E-state index contributed by atoms with van der Waals surface area (Å²) in [7, 11) is 0. The second kappa shape index (κ2) is 11.5. The van der Waals surface area contributed by atoms with Crippen molar-refractivity contribution in [3.8, 4) is 0 Å². The molecule has 2 bridgehead atoms. The van der Waals surface area contributed by atoms with Crippen LogP contribution < -0.4 is 0 Å². The van der Waals surface area contributed by atoms with Gasteiger partial charge in [-0.05, 0) is 45.4 Å². The molecule has 206 valence electrons. The molecule has 7 nitrogen and oxygen atoms in total. The van der Waals surface area contributed by atoms with Crippen molar-refractivity contribution in [3.05, 3.63) is 25.3 Å². The zero-order valence-electron chi connectivity index (χ0n) is 22.7. The first-order valence-corrected chi connectivity index (χ1v) is 15.0. The number of thioether (sulfide) groups is 1. The van der Waals surface area contributed by atoms with Crippen LogP contribution in [0.4, 0.5) is 0 Å². The first-order valence-electron chi connectivity index (χ1n) is 14.2. The molecule has 4 fully saturated rings. The number of aliphatic hydroxyl groups is 1. The second-order valence-electron chi connectivity index (χ2n) is 11.5. The molecule has 0 aromatic carbocycles. The van der Waals surface area contributed by atoms with Gasteiger partial charge in [0.25, 0.3) is 0 Å². The molecule has 3 saturated heterocycles. The third-order valence-electron chi connectivity index (χ3n) is 9.11. The molecular weight excluding hydrogens is 486 g/mol. The van der Waals surface area contributed by atoms with Gasteiger partial charge < -0.3 is 19.8 Å². The summed E-state index contributed by atoms with van der Waals surface area (Å²) in [5, 5.41) is 9.62. The molecule has 4 rings (SSSR count). The molecule has 3 amide bonds. The Kier molecular flexibility index (Phi) is 8.79. The molecule has 5 atom stereocenters. The summed E-state index contributed by atoms with van der Waals surface area (Å²) >= 11 is 1.73. The molecule has 0 aromatic rings. The minimum atomic E-state index is -0.612. The SMILES string of the molecule is C=CCN(CCC)C(=O)[C@@H]1[C@H]2C(=O)N(CCCO)C(C(=O)N(CC=C)C3CCCCC3)C23CC[C@@]1(C)S3. The number of rotatable bonds is 12. The highest BCUT2D eigenvalue weighted by Crippen LogP contribution is 2.71. The van der Waals surface area contributed by atoms with Gasteiger partial charge in [0.1, 0.15) is 6.04 Å². The Hall–Kier alpha value is -1.80. The number of likely N-dealkylation sites (tertiary alicyclic amines) is 1. The van der Waals surface area contributed by atoms with Crippen LogP contribution in [-0.2, 0) is 14.4 Å². The second-order valence-corrected chi connectivity index (χ2v) is 13.4. The van der Waals surface area contributed by atoms with Crippen molar-refractivity contribution >= 4 is 29.5 Å². The summed E-state index contributed by atoms with van der Waals surface area (Å²) in [6.45, 7) is 13.8. The highest BCUT2D eigenvalue weighted by Gasteiger charge is 2.77. The van der Waals surface area contributed by atoms with Crippen LogP contribution in [0.15, 0.2) is 25.3 Å². The topological polar surface area (TPSA) is 81.2 Å². The van der Waals surface area contributed by atoms with Crippen LogP contribution in [0, 0.1) is 11.8 Å². The Morgan fingerprint density at radius 1 is 1.14 bits per heavy atom. The summed E-state index contributed by atoms with van der Waals surface area (Å²) in [4.78, 5) is 48.3. The van der Waals surface area contributed by atoms with E-state index in [4.69, 9.17) is 0 Å². The van der Waals surface area contributed by atoms with E-state index < -0.39 is 22.6 Å². The maximum absolute atomic E-state index is 14.5. The summed E-state index contributed by atoms with van der Waals surface area (Å²) in [5.41, 5.74) is 0. The van der Waals surface area contributed by atoms with E-state index in [1.807, 2.05) is 16.7 Å². The number of nitrogens with zero attached hydrogens (tertiary/aromatic N) is 3. The van der Waals surface area contributed by atoms with E-state index in [1.54, 1.807) is 28.8 Å². The van der Waals surface area contributed by atoms with Gasteiger partial charge in [-0.1, -0.05) is 38.3 Å². The Balaban J connectivity index is 1.74. The van der Waals surface area contributed by atoms with Crippen LogP contribution in [0.25, 0.3) is 0 Å². The highest BCUT2D eigenvalue weighted by atomic mass is 32.2. The van der Waals surface area contributed by atoms with Crippen molar-refractivity contribution in [2.24, 2.45) is 11.8 Å². The standard InChI is InChI=1S/C29H45N3O4S/c1-5-16-30(17-6-2)25(34)22-23-26(35)32(19-11-20-33)24(29(23)15-14-28(22,4)37-29)27(36)31(18-7-3)21-12-9-8-10-13-21/h5,7,21-24,33H,1,3,6,8-20H2,2,4H3/t22-,23-,24?,28+,29?/m0/s1. The molecule has 0 radical (unpaired) electrons. The van der Waals surface area contributed by atoms with E-state index in [9.17, 15) is 19.5 Å². The number of carbonyl (C=O) groups excluding carboxylic acids is 3.